The number of hydrogen-bond donors (Lipinski definition) is 2. The van der Waals surface area contributed by atoms with Crippen LogP contribution in [0.4, 0.5) is 0 Å². The maximum Gasteiger partial charge on any atom is 3.00 e. The Balaban J connectivity index is 0.00000193. The summed E-state index contributed by atoms with van der Waals surface area (Å²) in [6, 6.07) is 27.3. The van der Waals surface area contributed by atoms with Gasteiger partial charge in [0.2, 0.25) is 0 Å². The topological polar surface area (TPSA) is 57.4 Å². The number of benzene rings is 4. The van der Waals surface area contributed by atoms with Crippen LogP contribution in [0, 0.1) is 83.1 Å². The second kappa shape index (κ2) is 19.1. The van der Waals surface area contributed by atoms with E-state index in [9.17, 15) is 0 Å². The Bertz CT molecular complexity index is 2720. The summed E-state index contributed by atoms with van der Waals surface area (Å²) < 4.78 is 0. The fraction of sp³-hybridized carbons (Fsp3) is 0.214. The number of aromatic amines is 2. The molecule has 0 amide bonds. The Hall–Kier alpha value is -5.13. The van der Waals surface area contributed by atoms with Crippen molar-refractivity contribution in [3.63, 3.8) is 0 Å². The molecule has 8 heteroatoms. The van der Waals surface area contributed by atoms with Gasteiger partial charge in [0.1, 0.15) is 0 Å². The van der Waals surface area contributed by atoms with E-state index in [2.05, 4.69) is 190 Å². The first kappa shape index (κ1) is 49.9. The van der Waals surface area contributed by atoms with Crippen molar-refractivity contribution >= 4 is 46.4 Å². The Kier molecular flexibility index (Phi) is 14.9. The van der Waals surface area contributed by atoms with Gasteiger partial charge < -0.3 is 47.2 Å². The van der Waals surface area contributed by atoms with E-state index in [-0.39, 0.29) is 54.3 Å². The van der Waals surface area contributed by atoms with Crippen LogP contribution < -0.4 is 37.2 Å². The molecule has 4 nitrogen and oxygen atoms in total. The molecule has 326 valence electrons. The van der Waals surface area contributed by atoms with E-state index in [4.69, 9.17) is 9.97 Å². The van der Waals surface area contributed by atoms with Gasteiger partial charge in [-0.2, -0.15) is 0 Å². The Morgan fingerprint density at radius 1 is 0.281 bits per heavy atom. The van der Waals surface area contributed by atoms with Gasteiger partial charge in [-0.05, 0) is 198 Å². The van der Waals surface area contributed by atoms with Crippen LogP contribution in [-0.2, 0) is 17.1 Å². The molecule has 0 unspecified atom stereocenters. The standard InChI is InChI=1S/C56H54N4.3ClH.Mn/c1-29-21-33(5)49(34(6)22-29)53-41-13-15-43(57-41)54(50-35(7)23-30(2)24-36(50)8)45-17-19-47(59-45)56(52-39(11)27-32(4)28-40(52)12)48-20-18-46(60-48)55(44-16-14-42(53)58-44)51-37(9)25-31(3)26-38(51)10;;;;/h13-28,57,60H,1-12H3;3*1H;/q;;;;+3/p-3. The zero-order valence-corrected chi connectivity index (χ0v) is 42.1. The molecule has 0 atom stereocenters. The fourth-order valence-electron chi connectivity index (χ4n) is 10.6. The van der Waals surface area contributed by atoms with Crippen molar-refractivity contribution < 1.29 is 54.3 Å². The zero-order valence-electron chi connectivity index (χ0n) is 38.6. The number of fused-ring (bicyclic) bond motifs is 8. The second-order valence-electron chi connectivity index (χ2n) is 17.6. The summed E-state index contributed by atoms with van der Waals surface area (Å²) >= 11 is 0. The van der Waals surface area contributed by atoms with Crippen molar-refractivity contribution in [2.24, 2.45) is 0 Å². The van der Waals surface area contributed by atoms with Gasteiger partial charge in [0.15, 0.2) is 0 Å². The number of aryl methyl sites for hydroxylation is 12. The molecule has 5 heterocycles. The molecule has 3 aromatic heterocycles. The van der Waals surface area contributed by atoms with Gasteiger partial charge in [0, 0.05) is 44.3 Å². The van der Waals surface area contributed by atoms with Crippen LogP contribution in [0.3, 0.4) is 0 Å². The van der Waals surface area contributed by atoms with Crippen molar-refractivity contribution in [3.05, 3.63) is 162 Å². The van der Waals surface area contributed by atoms with E-state index < -0.39 is 0 Å². The van der Waals surface area contributed by atoms with Crippen molar-refractivity contribution in [1.82, 2.24) is 19.9 Å². The predicted molar refractivity (Wildman–Crippen MR) is 257 cm³/mol. The first-order chi connectivity index (χ1) is 28.7. The zero-order chi connectivity index (χ0) is 42.3. The quantitative estimate of drug-likeness (QED) is 0.212. The van der Waals surface area contributed by atoms with E-state index in [0.29, 0.717) is 0 Å². The summed E-state index contributed by atoms with van der Waals surface area (Å²) in [5.41, 5.74) is 31.8. The number of rotatable bonds is 4. The summed E-state index contributed by atoms with van der Waals surface area (Å²) in [6.07, 6.45) is 8.85. The van der Waals surface area contributed by atoms with E-state index in [1.807, 2.05) is 0 Å². The number of nitrogens with zero attached hydrogens (tertiary/aromatic N) is 2. The molecule has 4 aromatic carbocycles. The van der Waals surface area contributed by atoms with Gasteiger partial charge in [0.05, 0.1) is 22.8 Å². The number of H-pyrrole nitrogens is 2. The van der Waals surface area contributed by atoms with Crippen molar-refractivity contribution in [1.29, 1.82) is 0 Å². The third-order valence-corrected chi connectivity index (χ3v) is 12.5. The van der Waals surface area contributed by atoms with Crippen LogP contribution in [0.2, 0.25) is 0 Å². The summed E-state index contributed by atoms with van der Waals surface area (Å²) in [5, 5.41) is 0. The largest absolute Gasteiger partial charge is 3.00 e. The van der Waals surface area contributed by atoms with Gasteiger partial charge in [-0.15, -0.1) is 0 Å². The predicted octanol–water partition coefficient (Wildman–Crippen LogP) is 6.03. The van der Waals surface area contributed by atoms with Gasteiger partial charge in [-0.3, -0.25) is 0 Å². The molecular formula is C56H54Cl3MnN4. The summed E-state index contributed by atoms with van der Waals surface area (Å²) in [7, 11) is 0. The molecule has 64 heavy (non-hydrogen) atoms. The first-order valence-electron chi connectivity index (χ1n) is 21.2. The minimum absolute atomic E-state index is 0. The number of aromatic nitrogens is 4. The van der Waals surface area contributed by atoms with Crippen LogP contribution in [-0.4, -0.2) is 19.9 Å². The molecule has 2 aliphatic rings. The maximum atomic E-state index is 5.63. The van der Waals surface area contributed by atoms with E-state index in [1.165, 1.54) is 89.0 Å². The normalized spacial score (nSPS) is 11.4. The van der Waals surface area contributed by atoms with Crippen LogP contribution in [0.25, 0.3) is 90.9 Å². The van der Waals surface area contributed by atoms with E-state index >= 15 is 0 Å². The molecule has 0 saturated carbocycles. The molecule has 0 fully saturated rings. The van der Waals surface area contributed by atoms with Crippen molar-refractivity contribution in [3.8, 4) is 44.5 Å². The van der Waals surface area contributed by atoms with E-state index in [0.717, 1.165) is 67.1 Å². The molecule has 0 saturated heterocycles. The van der Waals surface area contributed by atoms with Gasteiger partial charge in [-0.1, -0.05) is 70.8 Å². The average molecular weight is 944 g/mol. The summed E-state index contributed by atoms with van der Waals surface area (Å²) in [4.78, 5) is 19.2. The average Bonchev–Trinajstić information content (AvgIpc) is 3.99. The number of nitrogens with one attached hydrogen (secondary N) is 2. The Morgan fingerprint density at radius 3 is 0.625 bits per heavy atom. The first-order valence-corrected chi connectivity index (χ1v) is 21.2. The molecule has 0 aliphatic carbocycles. The molecular weight excluding hydrogens is 890 g/mol. The molecule has 0 spiro atoms. The number of halogens is 3. The summed E-state index contributed by atoms with van der Waals surface area (Å²) in [6.45, 7) is 26.5. The van der Waals surface area contributed by atoms with Gasteiger partial charge in [0.25, 0.3) is 0 Å². The van der Waals surface area contributed by atoms with Gasteiger partial charge >= 0.3 is 17.1 Å². The fourth-order valence-corrected chi connectivity index (χ4v) is 10.6. The second-order valence-corrected chi connectivity index (χ2v) is 17.6. The van der Waals surface area contributed by atoms with Crippen molar-refractivity contribution in [2.75, 3.05) is 0 Å². The molecule has 0 radical (unpaired) electrons. The molecule has 9 rings (SSSR count). The minimum atomic E-state index is 0. The van der Waals surface area contributed by atoms with Crippen LogP contribution in [0.1, 0.15) is 89.5 Å². The number of hydrogen-bond acceptors (Lipinski definition) is 2. The van der Waals surface area contributed by atoms with Crippen LogP contribution >= 0.6 is 0 Å². The minimum Gasteiger partial charge on any atom is -1.00 e. The molecule has 2 N–H and O–H groups in total. The molecule has 8 bridgehead atoms. The SMILES string of the molecule is Cc1cc(C)c(-c2c3nc(c(-c4c(C)cc(C)cc4C)c4ccc([nH]4)c(-c4c(C)cc(C)cc4C)c4nc(c(-c5c(C)cc(C)cc5C)c5ccc2[nH]5)C=C4)C=C3)c(C)c1.[Cl-].[Cl-].[Cl-].[Mn+3]. The Labute approximate surface area is 407 Å². The summed E-state index contributed by atoms with van der Waals surface area (Å²) in [5.74, 6) is 0. The monoisotopic (exact) mass is 942 g/mol. The third-order valence-electron chi connectivity index (χ3n) is 12.5. The van der Waals surface area contributed by atoms with Crippen LogP contribution in [0.5, 0.6) is 0 Å². The molecule has 2 aliphatic heterocycles. The smallest absolute Gasteiger partial charge is 1.00 e. The van der Waals surface area contributed by atoms with Crippen LogP contribution in [0.15, 0.2) is 72.8 Å². The maximum absolute atomic E-state index is 5.63. The van der Waals surface area contributed by atoms with E-state index in [1.54, 1.807) is 0 Å². The van der Waals surface area contributed by atoms with Crippen molar-refractivity contribution in [2.45, 2.75) is 83.1 Å². The third kappa shape index (κ3) is 8.70. The Morgan fingerprint density at radius 2 is 0.453 bits per heavy atom. The van der Waals surface area contributed by atoms with Gasteiger partial charge in [-0.25, -0.2) is 9.97 Å². The molecule has 7 aromatic rings.